The number of benzene rings is 3. The maximum Gasteiger partial charge on any atom is 0.339 e. The zero-order chi connectivity index (χ0) is 19.2. The van der Waals surface area contributed by atoms with Crippen molar-refractivity contribution >= 4 is 5.97 Å². The summed E-state index contributed by atoms with van der Waals surface area (Å²) in [6, 6.07) is 24.9. The predicted octanol–water partition coefficient (Wildman–Crippen LogP) is 7.36. The number of cyclic esters (lactones) is 1. The van der Waals surface area contributed by atoms with Gasteiger partial charge in [0.15, 0.2) is 0 Å². The minimum atomic E-state index is -0.451. The molecule has 2 heteroatoms. The SMILES string of the molecule is C.C.CC1(C)OC(=O)c2ccccc21.CC1(C)c2ccccc2-c2ccccc21. The second-order valence-electron chi connectivity index (χ2n) is 8.16. The van der Waals surface area contributed by atoms with Crippen LogP contribution in [0.3, 0.4) is 0 Å². The van der Waals surface area contributed by atoms with Crippen molar-refractivity contribution in [2.24, 2.45) is 0 Å². The molecule has 0 fully saturated rings. The molecule has 0 saturated carbocycles. The van der Waals surface area contributed by atoms with E-state index in [2.05, 4.69) is 62.4 Å². The van der Waals surface area contributed by atoms with Crippen LogP contribution in [-0.4, -0.2) is 5.97 Å². The van der Waals surface area contributed by atoms with E-state index >= 15 is 0 Å². The number of ether oxygens (including phenoxy) is 1. The van der Waals surface area contributed by atoms with E-state index in [1.165, 1.54) is 22.3 Å². The van der Waals surface area contributed by atoms with Crippen LogP contribution < -0.4 is 0 Å². The fourth-order valence-corrected chi connectivity index (χ4v) is 4.20. The van der Waals surface area contributed by atoms with Gasteiger partial charge in [0.25, 0.3) is 0 Å². The monoisotopic (exact) mass is 388 g/mol. The van der Waals surface area contributed by atoms with Crippen molar-refractivity contribution in [3.05, 3.63) is 95.1 Å². The molecular formula is C27H32O2. The van der Waals surface area contributed by atoms with Gasteiger partial charge in [0.2, 0.25) is 0 Å². The van der Waals surface area contributed by atoms with Gasteiger partial charge in [0.05, 0.1) is 5.56 Å². The Hall–Kier alpha value is -2.87. The predicted molar refractivity (Wildman–Crippen MR) is 122 cm³/mol. The highest BCUT2D eigenvalue weighted by Gasteiger charge is 2.37. The molecule has 1 aliphatic carbocycles. The zero-order valence-corrected chi connectivity index (χ0v) is 16.2. The smallest absolute Gasteiger partial charge is 0.339 e. The molecule has 0 radical (unpaired) electrons. The molecule has 0 atom stereocenters. The first-order chi connectivity index (χ1) is 12.8. The maximum absolute atomic E-state index is 11.3. The largest absolute Gasteiger partial charge is 0.451 e. The topological polar surface area (TPSA) is 26.3 Å². The summed E-state index contributed by atoms with van der Waals surface area (Å²) in [5, 5.41) is 0. The van der Waals surface area contributed by atoms with Gasteiger partial charge < -0.3 is 4.74 Å². The molecule has 0 saturated heterocycles. The van der Waals surface area contributed by atoms with Gasteiger partial charge in [-0.05, 0) is 42.2 Å². The molecule has 1 heterocycles. The average Bonchev–Trinajstić information content (AvgIpc) is 3.05. The normalized spacial score (nSPS) is 15.9. The second kappa shape index (κ2) is 7.87. The van der Waals surface area contributed by atoms with Gasteiger partial charge in [-0.25, -0.2) is 4.79 Å². The molecule has 152 valence electrons. The first kappa shape index (κ1) is 22.4. The first-order valence-electron chi connectivity index (χ1n) is 9.34. The molecule has 29 heavy (non-hydrogen) atoms. The van der Waals surface area contributed by atoms with Gasteiger partial charge >= 0.3 is 5.97 Å². The van der Waals surface area contributed by atoms with E-state index in [-0.39, 0.29) is 26.2 Å². The summed E-state index contributed by atoms with van der Waals surface area (Å²) in [7, 11) is 0. The molecule has 3 aromatic carbocycles. The van der Waals surface area contributed by atoms with Gasteiger partial charge in [-0.2, -0.15) is 0 Å². The summed E-state index contributed by atoms with van der Waals surface area (Å²) in [5.74, 6) is -0.212. The molecular weight excluding hydrogens is 356 g/mol. The van der Waals surface area contributed by atoms with Gasteiger partial charge in [0, 0.05) is 11.0 Å². The van der Waals surface area contributed by atoms with Crippen LogP contribution in [-0.2, 0) is 15.8 Å². The van der Waals surface area contributed by atoms with E-state index in [1.807, 2.05) is 32.0 Å². The Morgan fingerprint density at radius 2 is 0.966 bits per heavy atom. The third kappa shape index (κ3) is 3.60. The molecule has 2 nitrogen and oxygen atoms in total. The van der Waals surface area contributed by atoms with E-state index in [9.17, 15) is 4.79 Å². The molecule has 1 aliphatic heterocycles. The fourth-order valence-electron chi connectivity index (χ4n) is 4.20. The van der Waals surface area contributed by atoms with E-state index in [0.717, 1.165) is 5.56 Å². The summed E-state index contributed by atoms with van der Waals surface area (Å²) in [4.78, 5) is 11.3. The number of carbonyl (C=O) groups is 1. The van der Waals surface area contributed by atoms with Crippen molar-refractivity contribution in [3.63, 3.8) is 0 Å². The molecule has 0 spiro atoms. The number of rotatable bonds is 0. The van der Waals surface area contributed by atoms with Crippen LogP contribution in [0.2, 0.25) is 0 Å². The van der Waals surface area contributed by atoms with Crippen LogP contribution >= 0.6 is 0 Å². The van der Waals surface area contributed by atoms with Crippen LogP contribution in [0.1, 0.15) is 69.6 Å². The van der Waals surface area contributed by atoms with Crippen molar-refractivity contribution in [2.45, 2.75) is 53.6 Å². The Labute approximate surface area is 175 Å². The van der Waals surface area contributed by atoms with Gasteiger partial charge in [-0.1, -0.05) is 95.4 Å². The first-order valence-corrected chi connectivity index (χ1v) is 9.34. The third-order valence-electron chi connectivity index (χ3n) is 5.63. The second-order valence-corrected chi connectivity index (χ2v) is 8.16. The highest BCUT2D eigenvalue weighted by molar-refractivity contribution is 5.94. The van der Waals surface area contributed by atoms with Crippen LogP contribution in [0.25, 0.3) is 11.1 Å². The maximum atomic E-state index is 11.3. The lowest BCUT2D eigenvalue weighted by molar-refractivity contribution is 0.00954. The van der Waals surface area contributed by atoms with E-state index in [0.29, 0.717) is 5.56 Å². The number of carbonyl (C=O) groups excluding carboxylic acids is 1. The van der Waals surface area contributed by atoms with Crippen LogP contribution in [0.15, 0.2) is 72.8 Å². The van der Waals surface area contributed by atoms with Crippen molar-refractivity contribution < 1.29 is 9.53 Å². The standard InChI is InChI=1S/C15H14.C10H10O2.2CH4/c1-15(2)13-9-5-3-7-11(13)12-8-4-6-10-14(12)15;1-10(2)8-6-4-3-5-7(8)9(11)12-10;;/h3-10H,1-2H3;3-6H,1-2H3;2*1H4. The van der Waals surface area contributed by atoms with E-state index in [1.54, 1.807) is 6.07 Å². The Morgan fingerprint density at radius 1 is 0.586 bits per heavy atom. The van der Waals surface area contributed by atoms with Gasteiger partial charge in [-0.15, -0.1) is 0 Å². The minimum absolute atomic E-state index is 0. The number of hydrogen-bond donors (Lipinski definition) is 0. The Bertz CT molecular complexity index is 980. The lowest BCUT2D eigenvalue weighted by Crippen LogP contribution is -2.15. The van der Waals surface area contributed by atoms with Gasteiger partial charge in [-0.3, -0.25) is 0 Å². The molecule has 3 aromatic rings. The van der Waals surface area contributed by atoms with Crippen LogP contribution in [0.5, 0.6) is 0 Å². The molecule has 0 N–H and O–H groups in total. The highest BCUT2D eigenvalue weighted by atomic mass is 16.6. The van der Waals surface area contributed by atoms with E-state index in [4.69, 9.17) is 4.74 Å². The Kier molecular flexibility index (Phi) is 6.08. The molecule has 0 unspecified atom stereocenters. The molecule has 0 amide bonds. The number of hydrogen-bond acceptors (Lipinski definition) is 2. The zero-order valence-electron chi connectivity index (χ0n) is 16.2. The van der Waals surface area contributed by atoms with E-state index < -0.39 is 5.60 Å². The van der Waals surface area contributed by atoms with Crippen molar-refractivity contribution in [3.8, 4) is 11.1 Å². The van der Waals surface area contributed by atoms with Crippen molar-refractivity contribution in [2.75, 3.05) is 0 Å². The van der Waals surface area contributed by atoms with Crippen molar-refractivity contribution in [1.82, 2.24) is 0 Å². The Balaban J connectivity index is 0.000000198. The quantitative estimate of drug-likeness (QED) is 0.376. The summed E-state index contributed by atoms with van der Waals surface area (Å²) in [6.45, 7) is 8.41. The molecule has 5 rings (SSSR count). The van der Waals surface area contributed by atoms with Crippen molar-refractivity contribution in [1.29, 1.82) is 0 Å². The lowest BCUT2D eigenvalue weighted by atomic mass is 9.82. The number of fused-ring (bicyclic) bond motifs is 4. The highest BCUT2D eigenvalue weighted by Crippen LogP contribution is 2.48. The summed E-state index contributed by atoms with van der Waals surface area (Å²) < 4.78 is 5.18. The minimum Gasteiger partial charge on any atom is -0.451 e. The Morgan fingerprint density at radius 3 is 1.41 bits per heavy atom. The fraction of sp³-hybridized carbons (Fsp3) is 0.296. The average molecular weight is 389 g/mol. The summed E-state index contributed by atoms with van der Waals surface area (Å²) in [6.07, 6.45) is 0. The summed E-state index contributed by atoms with van der Waals surface area (Å²) >= 11 is 0. The third-order valence-corrected chi connectivity index (χ3v) is 5.63. The molecule has 0 aromatic heterocycles. The molecule has 0 bridgehead atoms. The lowest BCUT2D eigenvalue weighted by Gasteiger charge is -2.20. The number of esters is 1. The van der Waals surface area contributed by atoms with Crippen LogP contribution in [0.4, 0.5) is 0 Å². The summed E-state index contributed by atoms with van der Waals surface area (Å²) in [5.41, 5.74) is 7.09. The van der Waals surface area contributed by atoms with Crippen LogP contribution in [0, 0.1) is 0 Å². The van der Waals surface area contributed by atoms with Gasteiger partial charge in [0.1, 0.15) is 5.60 Å². The molecule has 2 aliphatic rings.